The molecule has 1 heterocycles. The van der Waals surface area contributed by atoms with E-state index in [1.807, 2.05) is 11.4 Å². The van der Waals surface area contributed by atoms with Crippen LogP contribution >= 0.6 is 11.3 Å². The first-order valence-electron chi connectivity index (χ1n) is 2.97. The van der Waals surface area contributed by atoms with Crippen LogP contribution in [-0.2, 0) is 0 Å². The summed E-state index contributed by atoms with van der Waals surface area (Å²) in [5.41, 5.74) is 1.22. The molecule has 0 aliphatic heterocycles. The monoisotopic (exact) mass is 142 g/mol. The van der Waals surface area contributed by atoms with E-state index >= 15 is 0 Å². The zero-order valence-corrected chi connectivity index (χ0v) is 6.40. The van der Waals surface area contributed by atoms with E-state index in [2.05, 4.69) is 13.8 Å². The molecule has 0 spiro atoms. The van der Waals surface area contributed by atoms with Crippen LogP contribution in [0.3, 0.4) is 0 Å². The third-order valence-electron chi connectivity index (χ3n) is 1.27. The first kappa shape index (κ1) is 6.62. The Morgan fingerprint density at radius 1 is 1.56 bits per heavy atom. The van der Waals surface area contributed by atoms with Crippen molar-refractivity contribution < 1.29 is 5.11 Å². The Bertz CT molecular complexity index is 191. The highest BCUT2D eigenvalue weighted by Gasteiger charge is 2.00. The molecule has 0 aromatic carbocycles. The molecular weight excluding hydrogens is 132 g/mol. The lowest BCUT2D eigenvalue weighted by Gasteiger charge is -1.96. The Morgan fingerprint density at radius 2 is 2.22 bits per heavy atom. The molecule has 0 atom stereocenters. The van der Waals surface area contributed by atoms with Crippen LogP contribution in [0, 0.1) is 0 Å². The molecule has 0 fully saturated rings. The molecule has 0 unspecified atom stereocenters. The second kappa shape index (κ2) is 2.40. The molecule has 1 rings (SSSR count). The van der Waals surface area contributed by atoms with Crippen LogP contribution in [0.5, 0.6) is 5.06 Å². The average molecular weight is 142 g/mol. The van der Waals surface area contributed by atoms with Gasteiger partial charge in [0, 0.05) is 0 Å². The Hall–Kier alpha value is -0.500. The fraction of sp³-hybridized carbons (Fsp3) is 0.429. The van der Waals surface area contributed by atoms with E-state index in [-0.39, 0.29) is 0 Å². The predicted octanol–water partition coefficient (Wildman–Crippen LogP) is 2.58. The van der Waals surface area contributed by atoms with Crippen LogP contribution in [0.2, 0.25) is 0 Å². The Morgan fingerprint density at radius 3 is 2.44 bits per heavy atom. The Kier molecular flexibility index (Phi) is 1.76. The van der Waals surface area contributed by atoms with Crippen LogP contribution in [0.1, 0.15) is 25.3 Å². The smallest absolute Gasteiger partial charge is 0.171 e. The van der Waals surface area contributed by atoms with Gasteiger partial charge in [0.15, 0.2) is 5.06 Å². The molecule has 0 saturated heterocycles. The highest BCUT2D eigenvalue weighted by molar-refractivity contribution is 7.11. The van der Waals surface area contributed by atoms with Crippen molar-refractivity contribution in [1.82, 2.24) is 0 Å². The van der Waals surface area contributed by atoms with Crippen molar-refractivity contribution in [2.24, 2.45) is 0 Å². The molecule has 9 heavy (non-hydrogen) atoms. The van der Waals surface area contributed by atoms with Crippen LogP contribution in [0.25, 0.3) is 0 Å². The third-order valence-corrected chi connectivity index (χ3v) is 2.02. The maximum Gasteiger partial charge on any atom is 0.171 e. The molecular formula is C7H10OS. The van der Waals surface area contributed by atoms with Crippen molar-refractivity contribution in [3.63, 3.8) is 0 Å². The number of thiophene rings is 1. The van der Waals surface area contributed by atoms with Gasteiger partial charge < -0.3 is 5.11 Å². The van der Waals surface area contributed by atoms with Crippen molar-refractivity contribution in [3.05, 3.63) is 17.0 Å². The van der Waals surface area contributed by atoms with Crippen molar-refractivity contribution in [2.45, 2.75) is 19.8 Å². The fourth-order valence-electron chi connectivity index (χ4n) is 0.642. The Labute approximate surface area is 59.0 Å². The third kappa shape index (κ3) is 1.45. The average Bonchev–Trinajstić information content (AvgIpc) is 2.14. The van der Waals surface area contributed by atoms with Crippen molar-refractivity contribution in [3.8, 4) is 5.06 Å². The minimum Gasteiger partial charge on any atom is -0.499 e. The summed E-state index contributed by atoms with van der Waals surface area (Å²) in [7, 11) is 0. The summed E-state index contributed by atoms with van der Waals surface area (Å²) < 4.78 is 0. The second-order valence-electron chi connectivity index (χ2n) is 2.37. The largest absolute Gasteiger partial charge is 0.499 e. The van der Waals surface area contributed by atoms with Gasteiger partial charge in [-0.1, -0.05) is 13.8 Å². The van der Waals surface area contributed by atoms with Gasteiger partial charge in [-0.3, -0.25) is 0 Å². The minimum atomic E-state index is 0.415. The van der Waals surface area contributed by atoms with Gasteiger partial charge in [0.25, 0.3) is 0 Å². The zero-order chi connectivity index (χ0) is 6.85. The van der Waals surface area contributed by atoms with Gasteiger partial charge in [-0.2, -0.15) is 0 Å². The van der Waals surface area contributed by atoms with Gasteiger partial charge in [-0.05, 0) is 22.9 Å². The molecule has 50 valence electrons. The number of rotatable bonds is 1. The van der Waals surface area contributed by atoms with E-state index in [0.29, 0.717) is 11.0 Å². The minimum absolute atomic E-state index is 0.415. The van der Waals surface area contributed by atoms with Gasteiger partial charge in [0.05, 0.1) is 0 Å². The SMILES string of the molecule is CC(C)c1csc(O)c1. The molecule has 1 nitrogen and oxygen atoms in total. The highest BCUT2D eigenvalue weighted by atomic mass is 32.1. The maximum absolute atomic E-state index is 8.92. The molecule has 1 aromatic heterocycles. The number of aromatic hydroxyl groups is 1. The van der Waals surface area contributed by atoms with Gasteiger partial charge in [-0.25, -0.2) is 0 Å². The standard InChI is InChI=1S/C7H10OS/c1-5(2)6-3-7(8)9-4-6/h3-5,8H,1-2H3. The highest BCUT2D eigenvalue weighted by Crippen LogP contribution is 2.26. The van der Waals surface area contributed by atoms with E-state index in [0.717, 1.165) is 0 Å². The van der Waals surface area contributed by atoms with E-state index in [9.17, 15) is 0 Å². The summed E-state index contributed by atoms with van der Waals surface area (Å²) in [4.78, 5) is 0. The van der Waals surface area contributed by atoms with Gasteiger partial charge >= 0.3 is 0 Å². The molecule has 0 aliphatic rings. The fourth-order valence-corrected chi connectivity index (χ4v) is 1.44. The van der Waals surface area contributed by atoms with Crippen molar-refractivity contribution in [2.75, 3.05) is 0 Å². The molecule has 0 aliphatic carbocycles. The van der Waals surface area contributed by atoms with Crippen LogP contribution in [-0.4, -0.2) is 5.11 Å². The lowest BCUT2D eigenvalue weighted by Crippen LogP contribution is -1.79. The van der Waals surface area contributed by atoms with Gasteiger partial charge in [0.1, 0.15) is 0 Å². The first-order valence-corrected chi connectivity index (χ1v) is 3.85. The topological polar surface area (TPSA) is 20.2 Å². The summed E-state index contributed by atoms with van der Waals surface area (Å²) in [6.07, 6.45) is 0. The van der Waals surface area contributed by atoms with Crippen molar-refractivity contribution in [1.29, 1.82) is 0 Å². The van der Waals surface area contributed by atoms with Crippen LogP contribution in [0.4, 0.5) is 0 Å². The van der Waals surface area contributed by atoms with Gasteiger partial charge in [-0.15, -0.1) is 11.3 Å². The summed E-state index contributed by atoms with van der Waals surface area (Å²) in [5.74, 6) is 0.530. The molecule has 0 amide bonds. The number of hydrogen-bond donors (Lipinski definition) is 1. The summed E-state index contributed by atoms with van der Waals surface area (Å²) >= 11 is 1.39. The normalized spacial score (nSPS) is 10.6. The van der Waals surface area contributed by atoms with Crippen LogP contribution < -0.4 is 0 Å². The maximum atomic E-state index is 8.92. The van der Waals surface area contributed by atoms with E-state index in [4.69, 9.17) is 5.11 Å². The van der Waals surface area contributed by atoms with Crippen molar-refractivity contribution >= 4 is 11.3 Å². The molecule has 0 saturated carbocycles. The molecule has 0 bridgehead atoms. The van der Waals surface area contributed by atoms with E-state index in [1.165, 1.54) is 16.9 Å². The van der Waals surface area contributed by atoms with Gasteiger partial charge in [0.2, 0.25) is 0 Å². The van der Waals surface area contributed by atoms with E-state index < -0.39 is 0 Å². The Balaban J connectivity index is 2.85. The molecule has 0 radical (unpaired) electrons. The predicted molar refractivity (Wildman–Crippen MR) is 40.1 cm³/mol. The summed E-state index contributed by atoms with van der Waals surface area (Å²) in [6, 6.07) is 1.81. The first-order chi connectivity index (χ1) is 4.20. The lowest BCUT2D eigenvalue weighted by atomic mass is 10.1. The lowest BCUT2D eigenvalue weighted by molar-refractivity contribution is 0.490. The molecule has 1 aromatic rings. The zero-order valence-electron chi connectivity index (χ0n) is 5.59. The molecule has 1 N–H and O–H groups in total. The summed E-state index contributed by atoms with van der Waals surface area (Å²) in [5, 5.41) is 11.3. The number of hydrogen-bond acceptors (Lipinski definition) is 2. The van der Waals surface area contributed by atoms with E-state index in [1.54, 1.807) is 0 Å². The quantitative estimate of drug-likeness (QED) is 0.639. The van der Waals surface area contributed by atoms with Crippen LogP contribution in [0.15, 0.2) is 11.4 Å². The second-order valence-corrected chi connectivity index (χ2v) is 3.26. The molecule has 2 heteroatoms. The summed E-state index contributed by atoms with van der Waals surface area (Å²) in [6.45, 7) is 4.23.